The number of hydrogen-bond donors (Lipinski definition) is 1. The van der Waals surface area contributed by atoms with Crippen molar-refractivity contribution < 1.29 is 14.0 Å². The standard InChI is InChI=1S/C22H18FN3O2S/c1-25(2)16-11-7-15(8-12-16)24-20-19(18-4-3-13-29-18)21(27)26(22(20)28)17-9-5-14(23)6-10-17/h3-13,24H,1-2H3. The molecule has 0 unspecified atom stereocenters. The number of nitrogens with zero attached hydrogens (tertiary/aromatic N) is 2. The first-order valence-corrected chi connectivity index (χ1v) is 9.80. The molecule has 146 valence electrons. The van der Waals surface area contributed by atoms with E-state index in [1.165, 1.54) is 35.6 Å². The zero-order valence-electron chi connectivity index (χ0n) is 15.8. The summed E-state index contributed by atoms with van der Waals surface area (Å²) < 4.78 is 13.3. The molecular formula is C22H18FN3O2S. The number of anilines is 3. The summed E-state index contributed by atoms with van der Waals surface area (Å²) in [6, 6.07) is 16.5. The van der Waals surface area contributed by atoms with Crippen LogP contribution in [0.4, 0.5) is 21.5 Å². The lowest BCUT2D eigenvalue weighted by molar-refractivity contribution is -0.120. The number of imide groups is 1. The molecule has 7 heteroatoms. The van der Waals surface area contributed by atoms with Crippen LogP contribution >= 0.6 is 11.3 Å². The van der Waals surface area contributed by atoms with E-state index in [0.717, 1.165) is 10.6 Å². The second kappa shape index (κ2) is 7.52. The Hall–Kier alpha value is -3.45. The minimum atomic E-state index is -0.471. The first-order valence-electron chi connectivity index (χ1n) is 8.92. The van der Waals surface area contributed by atoms with Crippen LogP contribution in [0, 0.1) is 5.82 Å². The second-order valence-electron chi connectivity index (χ2n) is 6.72. The van der Waals surface area contributed by atoms with Crippen molar-refractivity contribution in [2.45, 2.75) is 0 Å². The fraction of sp³-hybridized carbons (Fsp3) is 0.0909. The van der Waals surface area contributed by atoms with Gasteiger partial charge in [0, 0.05) is 30.3 Å². The number of hydrogen-bond acceptors (Lipinski definition) is 5. The molecule has 0 radical (unpaired) electrons. The minimum Gasteiger partial charge on any atom is -0.378 e. The predicted octanol–water partition coefficient (Wildman–Crippen LogP) is 4.35. The van der Waals surface area contributed by atoms with Gasteiger partial charge in [0.05, 0.1) is 11.3 Å². The van der Waals surface area contributed by atoms with E-state index in [2.05, 4.69) is 5.32 Å². The molecule has 1 aliphatic rings. The molecule has 1 N–H and O–H groups in total. The topological polar surface area (TPSA) is 52.7 Å². The highest BCUT2D eigenvalue weighted by Crippen LogP contribution is 2.35. The summed E-state index contributed by atoms with van der Waals surface area (Å²) in [5.41, 5.74) is 2.56. The first-order chi connectivity index (χ1) is 14.0. The van der Waals surface area contributed by atoms with Gasteiger partial charge in [-0.2, -0.15) is 0 Å². The van der Waals surface area contributed by atoms with E-state index >= 15 is 0 Å². The van der Waals surface area contributed by atoms with E-state index < -0.39 is 17.6 Å². The third kappa shape index (κ3) is 3.52. The Morgan fingerprint density at radius 3 is 2.21 bits per heavy atom. The Morgan fingerprint density at radius 2 is 1.62 bits per heavy atom. The van der Waals surface area contributed by atoms with E-state index in [1.807, 2.05) is 54.7 Å². The van der Waals surface area contributed by atoms with E-state index in [0.29, 0.717) is 21.8 Å². The molecule has 2 amide bonds. The Bertz CT molecular complexity index is 1090. The lowest BCUT2D eigenvalue weighted by atomic mass is 10.1. The summed E-state index contributed by atoms with van der Waals surface area (Å²) in [5.74, 6) is -1.34. The average Bonchev–Trinajstić information content (AvgIpc) is 3.30. The lowest BCUT2D eigenvalue weighted by Gasteiger charge is -2.16. The Balaban J connectivity index is 1.74. The van der Waals surface area contributed by atoms with E-state index in [4.69, 9.17) is 0 Å². The Labute approximate surface area is 171 Å². The smallest absolute Gasteiger partial charge is 0.282 e. The van der Waals surface area contributed by atoms with Gasteiger partial charge in [0.15, 0.2) is 0 Å². The molecule has 0 aliphatic carbocycles. The summed E-state index contributed by atoms with van der Waals surface area (Å²) in [5, 5.41) is 4.97. The zero-order chi connectivity index (χ0) is 20.5. The quantitative estimate of drug-likeness (QED) is 0.639. The van der Waals surface area contributed by atoms with Crippen molar-refractivity contribution in [2.24, 2.45) is 0 Å². The molecular weight excluding hydrogens is 389 g/mol. The van der Waals surface area contributed by atoms with E-state index in [-0.39, 0.29) is 5.70 Å². The number of carbonyl (C=O) groups is 2. The van der Waals surface area contributed by atoms with Crippen LogP contribution in [-0.2, 0) is 9.59 Å². The van der Waals surface area contributed by atoms with Crippen molar-refractivity contribution in [1.29, 1.82) is 0 Å². The molecule has 2 heterocycles. The molecule has 5 nitrogen and oxygen atoms in total. The van der Waals surface area contributed by atoms with Crippen molar-refractivity contribution in [1.82, 2.24) is 0 Å². The van der Waals surface area contributed by atoms with Crippen LogP contribution in [0.1, 0.15) is 4.88 Å². The van der Waals surface area contributed by atoms with Crippen molar-refractivity contribution in [3.05, 3.63) is 82.4 Å². The van der Waals surface area contributed by atoms with Crippen LogP contribution in [-0.4, -0.2) is 25.9 Å². The third-order valence-corrected chi connectivity index (χ3v) is 5.48. The van der Waals surface area contributed by atoms with Crippen LogP contribution in [0.25, 0.3) is 5.57 Å². The Kier molecular flexibility index (Phi) is 4.90. The van der Waals surface area contributed by atoms with Gasteiger partial charge in [-0.25, -0.2) is 9.29 Å². The summed E-state index contributed by atoms with van der Waals surface area (Å²) in [7, 11) is 3.89. The van der Waals surface area contributed by atoms with Gasteiger partial charge >= 0.3 is 0 Å². The molecule has 0 saturated carbocycles. The number of halogens is 1. The maximum atomic E-state index is 13.3. The summed E-state index contributed by atoms with van der Waals surface area (Å²) >= 11 is 1.38. The fourth-order valence-electron chi connectivity index (χ4n) is 3.11. The number of nitrogens with one attached hydrogen (secondary N) is 1. The number of benzene rings is 2. The van der Waals surface area contributed by atoms with Crippen molar-refractivity contribution in [3.8, 4) is 0 Å². The van der Waals surface area contributed by atoms with Crippen molar-refractivity contribution >= 4 is 45.8 Å². The molecule has 2 aromatic carbocycles. The van der Waals surface area contributed by atoms with Gasteiger partial charge in [0.1, 0.15) is 11.5 Å². The number of rotatable bonds is 5. The van der Waals surface area contributed by atoms with Gasteiger partial charge in [0.25, 0.3) is 11.8 Å². The van der Waals surface area contributed by atoms with Crippen LogP contribution in [0.5, 0.6) is 0 Å². The highest BCUT2D eigenvalue weighted by molar-refractivity contribution is 7.11. The first kappa shape index (κ1) is 18.9. The minimum absolute atomic E-state index is 0.208. The molecule has 1 aromatic heterocycles. The maximum absolute atomic E-state index is 13.3. The van der Waals surface area contributed by atoms with Gasteiger partial charge in [-0.15, -0.1) is 11.3 Å². The molecule has 1 aliphatic heterocycles. The molecule has 3 aromatic rings. The highest BCUT2D eigenvalue weighted by Gasteiger charge is 2.40. The molecule has 0 atom stereocenters. The van der Waals surface area contributed by atoms with Crippen LogP contribution in [0.3, 0.4) is 0 Å². The normalized spacial score (nSPS) is 14.0. The zero-order valence-corrected chi connectivity index (χ0v) is 16.7. The number of thiophene rings is 1. The molecule has 29 heavy (non-hydrogen) atoms. The van der Waals surface area contributed by atoms with E-state index in [1.54, 1.807) is 6.07 Å². The molecule has 0 bridgehead atoms. The van der Waals surface area contributed by atoms with Gasteiger partial charge < -0.3 is 10.2 Å². The summed E-state index contributed by atoms with van der Waals surface area (Å²) in [6.07, 6.45) is 0. The Morgan fingerprint density at radius 1 is 0.931 bits per heavy atom. The molecule has 0 fully saturated rings. The van der Waals surface area contributed by atoms with Gasteiger partial charge in [-0.3, -0.25) is 9.59 Å². The average molecular weight is 407 g/mol. The van der Waals surface area contributed by atoms with Gasteiger partial charge in [-0.1, -0.05) is 6.07 Å². The van der Waals surface area contributed by atoms with Crippen LogP contribution in [0.2, 0.25) is 0 Å². The molecule has 4 rings (SSSR count). The summed E-state index contributed by atoms with van der Waals surface area (Å²) in [6.45, 7) is 0. The monoisotopic (exact) mass is 407 g/mol. The van der Waals surface area contributed by atoms with Crippen LogP contribution in [0.15, 0.2) is 71.7 Å². The fourth-order valence-corrected chi connectivity index (χ4v) is 3.88. The summed E-state index contributed by atoms with van der Waals surface area (Å²) in [4.78, 5) is 30.1. The van der Waals surface area contributed by atoms with Crippen molar-refractivity contribution in [3.63, 3.8) is 0 Å². The van der Waals surface area contributed by atoms with Gasteiger partial charge in [0.2, 0.25) is 0 Å². The van der Waals surface area contributed by atoms with Crippen LogP contribution < -0.4 is 15.1 Å². The van der Waals surface area contributed by atoms with Crippen molar-refractivity contribution in [2.75, 3.05) is 29.2 Å². The largest absolute Gasteiger partial charge is 0.378 e. The van der Waals surface area contributed by atoms with E-state index in [9.17, 15) is 14.0 Å². The van der Waals surface area contributed by atoms with Gasteiger partial charge in [-0.05, 0) is 60.0 Å². The third-order valence-electron chi connectivity index (χ3n) is 4.59. The number of amides is 2. The molecule has 0 saturated heterocycles. The lowest BCUT2D eigenvalue weighted by Crippen LogP contribution is -2.32. The second-order valence-corrected chi connectivity index (χ2v) is 7.66. The highest BCUT2D eigenvalue weighted by atomic mass is 32.1. The number of carbonyl (C=O) groups excluding carboxylic acids is 2. The SMILES string of the molecule is CN(C)c1ccc(NC2=C(c3cccs3)C(=O)N(c3ccc(F)cc3)C2=O)cc1. The predicted molar refractivity (Wildman–Crippen MR) is 115 cm³/mol. The molecule has 0 spiro atoms. The maximum Gasteiger partial charge on any atom is 0.282 e.